The van der Waals surface area contributed by atoms with Gasteiger partial charge in [-0.15, -0.1) is 11.6 Å². The number of hydrogen-bond acceptors (Lipinski definition) is 3. The fourth-order valence-corrected chi connectivity index (χ4v) is 2.51. The Labute approximate surface area is 130 Å². The van der Waals surface area contributed by atoms with E-state index >= 15 is 0 Å². The van der Waals surface area contributed by atoms with Crippen molar-refractivity contribution in [2.24, 2.45) is 0 Å². The van der Waals surface area contributed by atoms with E-state index in [4.69, 9.17) is 34.8 Å². The molecule has 0 aliphatic rings. The van der Waals surface area contributed by atoms with Crippen LogP contribution in [0.4, 0.5) is 0 Å². The number of hydrogen-bond donors (Lipinski definition) is 0. The summed E-state index contributed by atoms with van der Waals surface area (Å²) < 4.78 is 1.72. The third-order valence-corrected chi connectivity index (χ3v) is 3.89. The van der Waals surface area contributed by atoms with Crippen LogP contribution in [0.5, 0.6) is 0 Å². The topological polar surface area (TPSA) is 43.6 Å². The fraction of sp³-hybridized carbons (Fsp3) is 0.154. The summed E-state index contributed by atoms with van der Waals surface area (Å²) in [4.78, 5) is 8.11. The molecule has 0 fully saturated rings. The van der Waals surface area contributed by atoms with Gasteiger partial charge in [0.25, 0.3) is 0 Å². The van der Waals surface area contributed by atoms with Crippen LogP contribution in [0.15, 0.2) is 36.8 Å². The number of benzene rings is 1. The van der Waals surface area contributed by atoms with Gasteiger partial charge in [-0.05, 0) is 17.7 Å². The summed E-state index contributed by atoms with van der Waals surface area (Å²) in [6, 6.07) is 7.42. The summed E-state index contributed by atoms with van der Waals surface area (Å²) in [7, 11) is 0. The Bertz CT molecular complexity index is 739. The van der Waals surface area contributed by atoms with E-state index in [1.165, 1.54) is 6.33 Å². The molecule has 3 rings (SSSR count). The van der Waals surface area contributed by atoms with Crippen LogP contribution in [0.1, 0.15) is 10.9 Å². The first-order valence-electron chi connectivity index (χ1n) is 5.86. The zero-order valence-corrected chi connectivity index (χ0v) is 12.4. The Morgan fingerprint density at radius 2 is 1.85 bits per heavy atom. The molecule has 102 valence electrons. The summed E-state index contributed by atoms with van der Waals surface area (Å²) in [5, 5.41) is 5.81. The third-order valence-electron chi connectivity index (χ3n) is 2.95. The van der Waals surface area contributed by atoms with E-state index in [-0.39, 0.29) is 5.38 Å². The zero-order valence-electron chi connectivity index (χ0n) is 10.2. The molecule has 0 aliphatic carbocycles. The smallest absolute Gasteiger partial charge is 0.162 e. The second-order valence-electron chi connectivity index (χ2n) is 4.25. The van der Waals surface area contributed by atoms with Gasteiger partial charge in [0.05, 0.1) is 23.5 Å². The van der Waals surface area contributed by atoms with Crippen LogP contribution in [-0.4, -0.2) is 19.7 Å². The largest absolute Gasteiger partial charge is 0.245 e. The highest BCUT2D eigenvalue weighted by molar-refractivity contribution is 6.33. The molecule has 2 aromatic heterocycles. The maximum atomic E-state index is 6.41. The average molecular weight is 328 g/mol. The Hall–Kier alpha value is -1.36. The van der Waals surface area contributed by atoms with Gasteiger partial charge >= 0.3 is 0 Å². The van der Waals surface area contributed by atoms with Gasteiger partial charge in [0, 0.05) is 5.02 Å². The monoisotopic (exact) mass is 326 g/mol. The highest BCUT2D eigenvalue weighted by Crippen LogP contribution is 2.26. The summed E-state index contributed by atoms with van der Waals surface area (Å²) in [6.45, 7) is 0.486. The molecule has 0 spiro atoms. The predicted octanol–water partition coefficient (Wildman–Crippen LogP) is 4.11. The third kappa shape index (κ3) is 2.59. The molecule has 3 aromatic rings. The number of aromatic nitrogens is 4. The van der Waals surface area contributed by atoms with Crippen molar-refractivity contribution in [2.75, 3.05) is 0 Å². The van der Waals surface area contributed by atoms with E-state index in [9.17, 15) is 0 Å². The minimum absolute atomic E-state index is 0.232. The Morgan fingerprint density at radius 1 is 1.10 bits per heavy atom. The summed E-state index contributed by atoms with van der Waals surface area (Å²) in [5.74, 6) is 0. The average Bonchev–Trinajstić information content (AvgIpc) is 2.84. The molecule has 0 aliphatic heterocycles. The van der Waals surface area contributed by atoms with Gasteiger partial charge in [-0.3, -0.25) is 0 Å². The van der Waals surface area contributed by atoms with Crippen LogP contribution in [0, 0.1) is 0 Å². The molecular weight excluding hydrogens is 319 g/mol. The van der Waals surface area contributed by atoms with E-state index in [0.717, 1.165) is 5.56 Å². The minimum Gasteiger partial charge on any atom is -0.245 e. The second kappa shape index (κ2) is 5.56. The number of nitrogens with zero attached hydrogens (tertiary/aromatic N) is 4. The molecule has 2 heterocycles. The first-order valence-corrected chi connectivity index (χ1v) is 7.06. The highest BCUT2D eigenvalue weighted by atomic mass is 35.5. The summed E-state index contributed by atoms with van der Waals surface area (Å²) in [5.41, 5.74) is 1.64. The Kier molecular flexibility index (Phi) is 3.78. The molecule has 0 saturated heterocycles. The van der Waals surface area contributed by atoms with Crippen molar-refractivity contribution in [2.45, 2.75) is 11.9 Å². The van der Waals surface area contributed by atoms with Crippen molar-refractivity contribution < 1.29 is 0 Å². The molecule has 0 radical (unpaired) electrons. The van der Waals surface area contributed by atoms with Gasteiger partial charge in [0.1, 0.15) is 11.5 Å². The van der Waals surface area contributed by atoms with E-state index in [2.05, 4.69) is 15.1 Å². The lowest BCUT2D eigenvalue weighted by Crippen LogP contribution is -2.06. The lowest BCUT2D eigenvalue weighted by Gasteiger charge is -2.10. The fourth-order valence-electron chi connectivity index (χ4n) is 1.93. The van der Waals surface area contributed by atoms with Gasteiger partial charge in [-0.1, -0.05) is 35.3 Å². The van der Waals surface area contributed by atoms with Crippen molar-refractivity contribution >= 4 is 45.8 Å². The standard InChI is InChI=1S/C13H9Cl3N4/c14-9-3-1-8(2-4-9)11(15)6-20-13-10(5-19-20)12(16)17-7-18-13/h1-5,7,11H,6H2. The molecule has 0 bridgehead atoms. The quantitative estimate of drug-likeness (QED) is 0.537. The van der Waals surface area contributed by atoms with Crippen molar-refractivity contribution in [1.82, 2.24) is 19.7 Å². The molecule has 0 N–H and O–H groups in total. The number of fused-ring (bicyclic) bond motifs is 1. The lowest BCUT2D eigenvalue weighted by atomic mass is 10.1. The van der Waals surface area contributed by atoms with Gasteiger partial charge in [-0.25, -0.2) is 14.6 Å². The number of halogens is 3. The van der Waals surface area contributed by atoms with Crippen LogP contribution < -0.4 is 0 Å². The maximum absolute atomic E-state index is 6.41. The summed E-state index contributed by atoms with van der Waals surface area (Å²) in [6.07, 6.45) is 3.05. The molecule has 0 amide bonds. The predicted molar refractivity (Wildman–Crippen MR) is 80.4 cm³/mol. The molecule has 1 atom stereocenters. The molecule has 1 unspecified atom stereocenters. The van der Waals surface area contributed by atoms with Crippen LogP contribution in [-0.2, 0) is 6.54 Å². The van der Waals surface area contributed by atoms with Gasteiger partial charge in [-0.2, -0.15) is 5.10 Å². The molecule has 4 nitrogen and oxygen atoms in total. The SMILES string of the molecule is Clc1ccc(C(Cl)Cn2ncc3c(Cl)ncnc32)cc1. The van der Waals surface area contributed by atoms with E-state index in [1.54, 1.807) is 10.9 Å². The van der Waals surface area contributed by atoms with Gasteiger partial charge in [0.2, 0.25) is 0 Å². The van der Waals surface area contributed by atoms with Crippen molar-refractivity contribution in [1.29, 1.82) is 0 Å². The van der Waals surface area contributed by atoms with Crippen LogP contribution in [0.2, 0.25) is 10.2 Å². The first-order chi connectivity index (χ1) is 9.65. The molecule has 20 heavy (non-hydrogen) atoms. The number of alkyl halides is 1. The molecule has 1 aromatic carbocycles. The van der Waals surface area contributed by atoms with E-state index in [0.29, 0.717) is 27.8 Å². The van der Waals surface area contributed by atoms with Crippen molar-refractivity contribution in [3.63, 3.8) is 0 Å². The Morgan fingerprint density at radius 3 is 2.60 bits per heavy atom. The minimum atomic E-state index is -0.232. The van der Waals surface area contributed by atoms with Crippen LogP contribution in [0.25, 0.3) is 11.0 Å². The van der Waals surface area contributed by atoms with Gasteiger partial charge < -0.3 is 0 Å². The van der Waals surface area contributed by atoms with Gasteiger partial charge in [0.15, 0.2) is 5.65 Å². The molecule has 0 saturated carbocycles. The van der Waals surface area contributed by atoms with E-state index < -0.39 is 0 Å². The van der Waals surface area contributed by atoms with Crippen molar-refractivity contribution in [3.05, 3.63) is 52.5 Å². The Balaban J connectivity index is 1.89. The number of rotatable bonds is 3. The second-order valence-corrected chi connectivity index (χ2v) is 5.57. The molecule has 7 heteroatoms. The normalized spacial score (nSPS) is 12.8. The van der Waals surface area contributed by atoms with Crippen LogP contribution in [0.3, 0.4) is 0 Å². The summed E-state index contributed by atoms with van der Waals surface area (Å²) >= 11 is 18.3. The van der Waals surface area contributed by atoms with E-state index in [1.807, 2.05) is 24.3 Å². The van der Waals surface area contributed by atoms with Crippen molar-refractivity contribution in [3.8, 4) is 0 Å². The lowest BCUT2D eigenvalue weighted by molar-refractivity contribution is 0.615. The zero-order chi connectivity index (χ0) is 14.1. The molecular formula is C13H9Cl3N4. The maximum Gasteiger partial charge on any atom is 0.162 e. The highest BCUT2D eigenvalue weighted by Gasteiger charge is 2.13. The first kappa shape index (κ1) is 13.6. The van der Waals surface area contributed by atoms with Crippen LogP contribution >= 0.6 is 34.8 Å².